The lowest BCUT2D eigenvalue weighted by Crippen LogP contribution is -2.35. The summed E-state index contributed by atoms with van der Waals surface area (Å²) in [6.45, 7) is 2.97. The van der Waals surface area contributed by atoms with Crippen molar-refractivity contribution in [2.45, 2.75) is 39.0 Å². The summed E-state index contributed by atoms with van der Waals surface area (Å²) in [5, 5.41) is 3.28. The first-order valence-electron chi connectivity index (χ1n) is 9.53. The number of benzene rings is 2. The molecule has 0 radical (unpaired) electrons. The highest BCUT2D eigenvalue weighted by Gasteiger charge is 2.22. The van der Waals surface area contributed by atoms with Crippen molar-refractivity contribution in [2.24, 2.45) is 0 Å². The quantitative estimate of drug-likeness (QED) is 0.705. The molecule has 0 saturated carbocycles. The van der Waals surface area contributed by atoms with Gasteiger partial charge in [0.15, 0.2) is 6.10 Å². The second-order valence-corrected chi connectivity index (χ2v) is 7.38. The molecule has 1 aliphatic rings. The second kappa shape index (κ2) is 9.56. The van der Waals surface area contributed by atoms with Crippen molar-refractivity contribution in [3.8, 4) is 0 Å². The number of halogens is 1. The molecule has 1 N–H and O–H groups in total. The van der Waals surface area contributed by atoms with E-state index in [4.69, 9.17) is 16.3 Å². The molecule has 152 valence electrons. The number of carbonyl (C=O) groups is 3. The summed E-state index contributed by atoms with van der Waals surface area (Å²) in [5.41, 5.74) is 1.98. The van der Waals surface area contributed by atoms with E-state index >= 15 is 0 Å². The molecule has 2 amide bonds. The van der Waals surface area contributed by atoms with E-state index in [-0.39, 0.29) is 12.5 Å². The molecule has 2 aromatic carbocycles. The van der Waals surface area contributed by atoms with Crippen molar-refractivity contribution in [3.63, 3.8) is 0 Å². The monoisotopic (exact) mass is 414 g/mol. The van der Waals surface area contributed by atoms with Gasteiger partial charge in [0.1, 0.15) is 0 Å². The normalized spacial score (nSPS) is 14.6. The maximum absolute atomic E-state index is 12.4. The highest BCUT2D eigenvalue weighted by Crippen LogP contribution is 2.16. The molecule has 1 atom stereocenters. The van der Waals surface area contributed by atoms with Gasteiger partial charge >= 0.3 is 5.97 Å². The number of hydrogen-bond donors (Lipinski definition) is 1. The Kier molecular flexibility index (Phi) is 6.88. The average molecular weight is 415 g/mol. The highest BCUT2D eigenvalue weighted by molar-refractivity contribution is 6.31. The molecule has 1 heterocycles. The van der Waals surface area contributed by atoms with Gasteiger partial charge < -0.3 is 15.0 Å². The van der Waals surface area contributed by atoms with Gasteiger partial charge in [-0.05, 0) is 42.7 Å². The summed E-state index contributed by atoms with van der Waals surface area (Å²) >= 11 is 6.08. The molecule has 1 unspecified atom stereocenters. The Hall–Kier alpha value is -2.86. The summed E-state index contributed by atoms with van der Waals surface area (Å²) in [4.78, 5) is 38.2. The van der Waals surface area contributed by atoms with E-state index in [1.807, 2.05) is 24.3 Å². The van der Waals surface area contributed by atoms with E-state index in [2.05, 4.69) is 5.32 Å². The zero-order chi connectivity index (χ0) is 20.8. The number of esters is 1. The third-order valence-electron chi connectivity index (χ3n) is 4.77. The van der Waals surface area contributed by atoms with Gasteiger partial charge in [-0.15, -0.1) is 0 Å². The third-order valence-corrected chi connectivity index (χ3v) is 5.14. The summed E-state index contributed by atoms with van der Waals surface area (Å²) < 4.78 is 5.30. The lowest BCUT2D eigenvalue weighted by atomic mass is 10.1. The Morgan fingerprint density at radius 2 is 2.00 bits per heavy atom. The predicted molar refractivity (Wildman–Crippen MR) is 109 cm³/mol. The number of nitrogens with zero attached hydrogens (tertiary/aromatic N) is 1. The van der Waals surface area contributed by atoms with E-state index in [0.717, 1.165) is 24.1 Å². The lowest BCUT2D eigenvalue weighted by Gasteiger charge is -2.17. The summed E-state index contributed by atoms with van der Waals surface area (Å²) in [5.74, 6) is -0.862. The molecule has 1 aliphatic heterocycles. The van der Waals surface area contributed by atoms with Crippen LogP contribution in [0.15, 0.2) is 48.5 Å². The van der Waals surface area contributed by atoms with Gasteiger partial charge in [-0.25, -0.2) is 4.79 Å². The molecule has 0 aromatic heterocycles. The second-order valence-electron chi connectivity index (χ2n) is 6.98. The first-order valence-corrected chi connectivity index (χ1v) is 9.90. The first kappa shape index (κ1) is 20.9. The molecule has 0 spiro atoms. The minimum absolute atomic E-state index is 0.127. The van der Waals surface area contributed by atoms with Crippen LogP contribution in [0.4, 0.5) is 0 Å². The van der Waals surface area contributed by atoms with Gasteiger partial charge in [0, 0.05) is 31.1 Å². The zero-order valence-electron chi connectivity index (χ0n) is 16.2. The van der Waals surface area contributed by atoms with Crippen LogP contribution in [0.2, 0.25) is 5.02 Å². The summed E-state index contributed by atoms with van der Waals surface area (Å²) in [7, 11) is 0. The number of likely N-dealkylation sites (tertiary alicyclic amines) is 1. The Balaban J connectivity index is 1.55. The van der Waals surface area contributed by atoms with E-state index in [0.29, 0.717) is 23.6 Å². The summed E-state index contributed by atoms with van der Waals surface area (Å²) in [6, 6.07) is 14.1. The van der Waals surface area contributed by atoms with Crippen molar-refractivity contribution >= 4 is 29.4 Å². The van der Waals surface area contributed by atoms with E-state index in [1.165, 1.54) is 6.92 Å². The molecule has 6 nitrogen and oxygen atoms in total. The van der Waals surface area contributed by atoms with E-state index in [1.54, 1.807) is 29.2 Å². The standard InChI is InChI=1S/C22H23ClN2O4/c1-15(21(27)24-13-18-7-2-3-9-19(18)23)29-22(28)17-8-4-6-16(12-17)14-25-11-5-10-20(25)26/h2-4,6-9,12,15H,5,10-11,13-14H2,1H3,(H,24,27). The lowest BCUT2D eigenvalue weighted by molar-refractivity contribution is -0.129. The fourth-order valence-corrected chi connectivity index (χ4v) is 3.34. The SMILES string of the molecule is CC(OC(=O)c1cccc(CN2CCCC2=O)c1)C(=O)NCc1ccccc1Cl. The number of hydrogen-bond acceptors (Lipinski definition) is 4. The first-order chi connectivity index (χ1) is 13.9. The maximum atomic E-state index is 12.4. The van der Waals surface area contributed by atoms with Crippen LogP contribution in [0.3, 0.4) is 0 Å². The summed E-state index contributed by atoms with van der Waals surface area (Å²) in [6.07, 6.45) is 0.484. The third kappa shape index (κ3) is 5.57. The number of carbonyl (C=O) groups excluding carboxylic acids is 3. The van der Waals surface area contributed by atoms with Gasteiger partial charge in [-0.3, -0.25) is 9.59 Å². The fourth-order valence-electron chi connectivity index (χ4n) is 3.14. The van der Waals surface area contributed by atoms with Gasteiger partial charge in [-0.1, -0.05) is 41.9 Å². The van der Waals surface area contributed by atoms with Gasteiger partial charge in [0.25, 0.3) is 5.91 Å². The van der Waals surface area contributed by atoms with Crippen LogP contribution < -0.4 is 5.32 Å². The van der Waals surface area contributed by atoms with Gasteiger partial charge in [-0.2, -0.15) is 0 Å². The largest absolute Gasteiger partial charge is 0.449 e. The molecule has 0 aliphatic carbocycles. The molecule has 3 rings (SSSR count). The maximum Gasteiger partial charge on any atom is 0.338 e. The van der Waals surface area contributed by atoms with E-state index < -0.39 is 18.0 Å². The van der Waals surface area contributed by atoms with Crippen LogP contribution in [-0.2, 0) is 27.4 Å². The van der Waals surface area contributed by atoms with Crippen LogP contribution in [-0.4, -0.2) is 35.3 Å². The van der Waals surface area contributed by atoms with Crippen LogP contribution in [0.5, 0.6) is 0 Å². The van der Waals surface area contributed by atoms with Crippen molar-refractivity contribution in [2.75, 3.05) is 6.54 Å². The molecule has 29 heavy (non-hydrogen) atoms. The zero-order valence-corrected chi connectivity index (χ0v) is 16.9. The predicted octanol–water partition coefficient (Wildman–Crippen LogP) is 3.32. The van der Waals surface area contributed by atoms with Crippen molar-refractivity contribution < 1.29 is 19.1 Å². The van der Waals surface area contributed by atoms with Crippen LogP contribution >= 0.6 is 11.6 Å². The van der Waals surface area contributed by atoms with E-state index in [9.17, 15) is 14.4 Å². The van der Waals surface area contributed by atoms with Crippen molar-refractivity contribution in [1.82, 2.24) is 10.2 Å². The fraction of sp³-hybridized carbons (Fsp3) is 0.318. The topological polar surface area (TPSA) is 75.7 Å². The Bertz CT molecular complexity index is 915. The van der Waals surface area contributed by atoms with Crippen LogP contribution in [0, 0.1) is 0 Å². The highest BCUT2D eigenvalue weighted by atomic mass is 35.5. The average Bonchev–Trinajstić information content (AvgIpc) is 3.11. The van der Waals surface area contributed by atoms with Crippen LogP contribution in [0.25, 0.3) is 0 Å². The molecule has 0 bridgehead atoms. The Morgan fingerprint density at radius 3 is 2.72 bits per heavy atom. The Labute approximate surface area is 174 Å². The minimum Gasteiger partial charge on any atom is -0.449 e. The molecular formula is C22H23ClN2O4. The molecule has 7 heteroatoms. The number of nitrogens with one attached hydrogen (secondary N) is 1. The van der Waals surface area contributed by atoms with Crippen molar-refractivity contribution in [1.29, 1.82) is 0 Å². The molecule has 2 aromatic rings. The Morgan fingerprint density at radius 1 is 1.21 bits per heavy atom. The number of amides is 2. The van der Waals surface area contributed by atoms with Gasteiger partial charge in [0.2, 0.25) is 5.91 Å². The number of ether oxygens (including phenoxy) is 1. The number of rotatable bonds is 7. The minimum atomic E-state index is -0.950. The van der Waals surface area contributed by atoms with Crippen molar-refractivity contribution in [3.05, 3.63) is 70.2 Å². The molecule has 1 fully saturated rings. The van der Waals surface area contributed by atoms with Crippen LogP contribution in [0.1, 0.15) is 41.3 Å². The molecular weight excluding hydrogens is 392 g/mol. The molecule has 1 saturated heterocycles. The van der Waals surface area contributed by atoms with Gasteiger partial charge in [0.05, 0.1) is 5.56 Å². The smallest absolute Gasteiger partial charge is 0.338 e.